The van der Waals surface area contributed by atoms with Crippen molar-refractivity contribution in [3.8, 4) is 0 Å². The number of rotatable bonds is 5. The third-order valence-electron chi connectivity index (χ3n) is 2.87. The predicted molar refractivity (Wildman–Crippen MR) is 71.5 cm³/mol. The fourth-order valence-corrected chi connectivity index (χ4v) is 2.11. The van der Waals surface area contributed by atoms with E-state index >= 15 is 0 Å². The van der Waals surface area contributed by atoms with Crippen molar-refractivity contribution >= 4 is 11.5 Å². The van der Waals surface area contributed by atoms with E-state index in [0.717, 1.165) is 31.0 Å². The van der Waals surface area contributed by atoms with Crippen LogP contribution in [-0.4, -0.2) is 30.0 Å². The molecule has 0 aliphatic carbocycles. The minimum absolute atomic E-state index is 0.828. The number of nitrogens with one attached hydrogen (secondary N) is 1. The highest BCUT2D eigenvalue weighted by molar-refractivity contribution is 5.55. The third kappa shape index (κ3) is 2.26. The van der Waals surface area contributed by atoms with E-state index < -0.39 is 0 Å². The molecule has 0 saturated heterocycles. The van der Waals surface area contributed by atoms with Gasteiger partial charge in [-0.15, -0.1) is 0 Å². The van der Waals surface area contributed by atoms with Crippen molar-refractivity contribution < 1.29 is 0 Å². The van der Waals surface area contributed by atoms with E-state index in [4.69, 9.17) is 4.98 Å². The molecule has 2 rings (SSSR count). The van der Waals surface area contributed by atoms with Crippen molar-refractivity contribution in [2.75, 3.05) is 25.5 Å². The summed E-state index contributed by atoms with van der Waals surface area (Å²) < 4.78 is 2.15. The number of anilines is 1. The highest BCUT2D eigenvalue weighted by Gasteiger charge is 2.13. The Morgan fingerprint density at radius 3 is 2.94 bits per heavy atom. The average Bonchev–Trinajstić information content (AvgIpc) is 2.70. The molecule has 0 fully saturated rings. The number of imidazole rings is 1. The fraction of sp³-hybridized carbons (Fsp3) is 0.462. The molecule has 17 heavy (non-hydrogen) atoms. The number of aromatic nitrogens is 2. The van der Waals surface area contributed by atoms with E-state index in [9.17, 15) is 0 Å². The molecule has 0 atom stereocenters. The standard InChI is InChI=1S/C13H20N4/c1-4-8-16(3)13-11(10-14-2)17-9-6-5-7-12(17)15-13/h5-7,9,14H,4,8,10H2,1-3H3. The lowest BCUT2D eigenvalue weighted by Crippen LogP contribution is -2.21. The maximum atomic E-state index is 4.70. The second kappa shape index (κ2) is 5.19. The van der Waals surface area contributed by atoms with E-state index in [1.54, 1.807) is 0 Å². The van der Waals surface area contributed by atoms with Crippen LogP contribution in [0.25, 0.3) is 5.65 Å². The number of nitrogens with zero attached hydrogens (tertiary/aromatic N) is 3. The minimum atomic E-state index is 0.828. The molecule has 92 valence electrons. The normalized spacial score (nSPS) is 11.0. The lowest BCUT2D eigenvalue weighted by molar-refractivity contribution is 0.766. The average molecular weight is 232 g/mol. The molecule has 0 bridgehead atoms. The summed E-state index contributed by atoms with van der Waals surface area (Å²) in [4.78, 5) is 6.92. The zero-order valence-electron chi connectivity index (χ0n) is 10.8. The van der Waals surface area contributed by atoms with E-state index in [1.165, 1.54) is 5.69 Å². The Morgan fingerprint density at radius 2 is 2.24 bits per heavy atom. The van der Waals surface area contributed by atoms with Gasteiger partial charge in [-0.25, -0.2) is 4.98 Å². The zero-order chi connectivity index (χ0) is 12.3. The van der Waals surface area contributed by atoms with Crippen LogP contribution in [0, 0.1) is 0 Å². The summed E-state index contributed by atoms with van der Waals surface area (Å²) in [5, 5.41) is 3.21. The molecular weight excluding hydrogens is 212 g/mol. The Hall–Kier alpha value is -1.55. The lowest BCUT2D eigenvalue weighted by Gasteiger charge is -2.17. The monoisotopic (exact) mass is 232 g/mol. The molecule has 0 unspecified atom stereocenters. The van der Waals surface area contributed by atoms with Crippen molar-refractivity contribution in [1.29, 1.82) is 0 Å². The van der Waals surface area contributed by atoms with Gasteiger partial charge < -0.3 is 14.6 Å². The molecule has 0 amide bonds. The molecule has 0 spiro atoms. The summed E-state index contributed by atoms with van der Waals surface area (Å²) in [6.07, 6.45) is 3.20. The molecule has 1 N–H and O–H groups in total. The third-order valence-corrected chi connectivity index (χ3v) is 2.87. The van der Waals surface area contributed by atoms with Gasteiger partial charge in [-0.2, -0.15) is 0 Å². The Balaban J connectivity index is 2.49. The van der Waals surface area contributed by atoms with Gasteiger partial charge in [0.25, 0.3) is 0 Å². The van der Waals surface area contributed by atoms with Crippen molar-refractivity contribution in [3.05, 3.63) is 30.1 Å². The Kier molecular flexibility index (Phi) is 3.64. The molecule has 0 aromatic carbocycles. The lowest BCUT2D eigenvalue weighted by atomic mass is 10.3. The number of hydrogen-bond acceptors (Lipinski definition) is 3. The first-order valence-corrected chi connectivity index (χ1v) is 6.09. The molecule has 0 aliphatic heterocycles. The Labute approximate surface area is 102 Å². The summed E-state index contributed by atoms with van der Waals surface area (Å²) in [6, 6.07) is 6.11. The molecule has 0 aliphatic rings. The first-order chi connectivity index (χ1) is 8.27. The van der Waals surface area contributed by atoms with Gasteiger partial charge in [0.2, 0.25) is 0 Å². The number of pyridine rings is 1. The van der Waals surface area contributed by atoms with Crippen molar-refractivity contribution in [2.45, 2.75) is 19.9 Å². The molecule has 0 saturated carbocycles. The van der Waals surface area contributed by atoms with Gasteiger partial charge >= 0.3 is 0 Å². The Morgan fingerprint density at radius 1 is 1.41 bits per heavy atom. The summed E-state index contributed by atoms with van der Waals surface area (Å²) in [5.41, 5.74) is 2.23. The predicted octanol–water partition coefficient (Wildman–Crippen LogP) is 1.90. The van der Waals surface area contributed by atoms with E-state index in [0.29, 0.717) is 0 Å². The number of hydrogen-bond donors (Lipinski definition) is 1. The van der Waals surface area contributed by atoms with Gasteiger partial charge in [0.1, 0.15) is 5.65 Å². The molecule has 0 radical (unpaired) electrons. The van der Waals surface area contributed by atoms with Crippen LogP contribution in [0.5, 0.6) is 0 Å². The van der Waals surface area contributed by atoms with Gasteiger partial charge in [0.05, 0.1) is 5.69 Å². The van der Waals surface area contributed by atoms with Crippen LogP contribution in [0.4, 0.5) is 5.82 Å². The molecule has 2 aromatic rings. The van der Waals surface area contributed by atoms with Crippen LogP contribution in [-0.2, 0) is 6.54 Å². The van der Waals surface area contributed by atoms with Crippen molar-refractivity contribution in [3.63, 3.8) is 0 Å². The molecule has 4 nitrogen and oxygen atoms in total. The van der Waals surface area contributed by atoms with Gasteiger partial charge in [0.15, 0.2) is 5.82 Å². The fourth-order valence-electron chi connectivity index (χ4n) is 2.11. The van der Waals surface area contributed by atoms with Crippen LogP contribution < -0.4 is 10.2 Å². The summed E-state index contributed by atoms with van der Waals surface area (Å²) in [5.74, 6) is 1.08. The maximum Gasteiger partial charge on any atom is 0.152 e. The van der Waals surface area contributed by atoms with E-state index in [2.05, 4.69) is 34.8 Å². The van der Waals surface area contributed by atoms with Crippen LogP contribution in [0.1, 0.15) is 19.0 Å². The highest BCUT2D eigenvalue weighted by Crippen LogP contribution is 2.20. The van der Waals surface area contributed by atoms with Crippen LogP contribution in [0.3, 0.4) is 0 Å². The SMILES string of the molecule is CCCN(C)c1nc2ccccn2c1CNC. The van der Waals surface area contributed by atoms with Gasteiger partial charge in [-0.1, -0.05) is 13.0 Å². The maximum absolute atomic E-state index is 4.70. The molecule has 4 heteroatoms. The van der Waals surface area contributed by atoms with Gasteiger partial charge in [-0.3, -0.25) is 0 Å². The molecular formula is C13H20N4. The second-order valence-electron chi connectivity index (χ2n) is 4.26. The smallest absolute Gasteiger partial charge is 0.152 e. The second-order valence-corrected chi connectivity index (χ2v) is 4.26. The summed E-state index contributed by atoms with van der Waals surface area (Å²) >= 11 is 0. The molecule has 2 heterocycles. The quantitative estimate of drug-likeness (QED) is 0.854. The van der Waals surface area contributed by atoms with Gasteiger partial charge in [0, 0.05) is 26.3 Å². The van der Waals surface area contributed by atoms with Gasteiger partial charge in [-0.05, 0) is 25.6 Å². The highest BCUT2D eigenvalue weighted by atomic mass is 15.2. The zero-order valence-corrected chi connectivity index (χ0v) is 10.8. The summed E-state index contributed by atoms with van der Waals surface area (Å²) in [6.45, 7) is 4.04. The van der Waals surface area contributed by atoms with Crippen LogP contribution in [0.2, 0.25) is 0 Å². The largest absolute Gasteiger partial charge is 0.358 e. The first kappa shape index (κ1) is 11.9. The van der Waals surface area contributed by atoms with Crippen molar-refractivity contribution in [2.24, 2.45) is 0 Å². The Bertz CT molecular complexity index is 489. The first-order valence-electron chi connectivity index (χ1n) is 6.09. The molecule has 2 aromatic heterocycles. The van der Waals surface area contributed by atoms with Crippen LogP contribution >= 0.6 is 0 Å². The van der Waals surface area contributed by atoms with Crippen molar-refractivity contribution in [1.82, 2.24) is 14.7 Å². The topological polar surface area (TPSA) is 32.6 Å². The minimum Gasteiger partial charge on any atom is -0.358 e. The van der Waals surface area contributed by atoms with E-state index in [-0.39, 0.29) is 0 Å². The van der Waals surface area contributed by atoms with E-state index in [1.807, 2.05) is 25.2 Å². The number of fused-ring (bicyclic) bond motifs is 1. The summed E-state index contributed by atoms with van der Waals surface area (Å²) in [7, 11) is 4.07. The van der Waals surface area contributed by atoms with Crippen LogP contribution in [0.15, 0.2) is 24.4 Å².